The number of thiazole rings is 5. The summed E-state index contributed by atoms with van der Waals surface area (Å²) >= 11 is 13.9. The first-order valence-electron chi connectivity index (χ1n) is 42.1. The van der Waals surface area contributed by atoms with E-state index >= 15 is 0 Å². The quantitative estimate of drug-likeness (QED) is 0.0297. The summed E-state index contributed by atoms with van der Waals surface area (Å²) in [6, 6.07) is 55.2. The molecule has 0 aliphatic rings. The van der Waals surface area contributed by atoms with Gasteiger partial charge < -0.3 is 74.2 Å². The van der Waals surface area contributed by atoms with Crippen LogP contribution in [0.4, 0.5) is 38.0 Å². The van der Waals surface area contributed by atoms with Crippen molar-refractivity contribution in [3.63, 3.8) is 0 Å². The number of nitrogen functional groups attached to an aromatic ring is 1. The predicted octanol–water partition coefficient (Wildman–Crippen LogP) is 16.3. The molecule has 0 fully saturated rings. The van der Waals surface area contributed by atoms with Gasteiger partial charge in [-0.2, -0.15) is 0 Å². The van der Waals surface area contributed by atoms with E-state index < -0.39 is 35.2 Å². The zero-order chi connectivity index (χ0) is 98.4. The molecule has 0 saturated carbocycles. The van der Waals surface area contributed by atoms with E-state index in [0.29, 0.717) is 84.8 Å². The Bertz CT molecular complexity index is 7530. The largest absolute Gasteiger partial charge is 0.506 e. The fraction of sp³-hybridized carbons (Fsp3) is 0.159. The molecular formula is C107H88ClFN16O8S5. The number of hydrogen-bond acceptors (Lipinski definition) is 24. The molecule has 0 spiro atoms. The molecule has 15 rings (SSSR count). The maximum Gasteiger partial charge on any atom is 0.296 e. The van der Waals surface area contributed by atoms with Gasteiger partial charge in [-0.05, 0) is 220 Å². The average molecular weight is 1940 g/mol. The second-order valence-electron chi connectivity index (χ2n) is 29.5. The average Bonchev–Trinajstić information content (AvgIpc) is 1.67. The Morgan fingerprint density at radius 2 is 0.717 bits per heavy atom. The summed E-state index contributed by atoms with van der Waals surface area (Å²) in [4.78, 5) is 77.6. The van der Waals surface area contributed by atoms with Gasteiger partial charge in [0.1, 0.15) is 22.3 Å². The van der Waals surface area contributed by atoms with Gasteiger partial charge in [0.15, 0.2) is 16.7 Å². The maximum absolute atomic E-state index is 14.3. The normalized spacial score (nSPS) is 9.95. The van der Waals surface area contributed by atoms with Crippen LogP contribution in [-0.2, 0) is 63.3 Å². The molecule has 24 nitrogen and oxygen atoms in total. The number of hydrogen-bond donors (Lipinski definition) is 14. The Balaban J connectivity index is 0.000000165. The van der Waals surface area contributed by atoms with Crippen LogP contribution in [-0.4, -0.2) is 102 Å². The molecule has 0 atom stereocenters. The minimum Gasteiger partial charge on any atom is -0.506 e. The summed E-state index contributed by atoms with van der Waals surface area (Å²) in [5.41, 5.74) is 23.9. The zero-order valence-corrected chi connectivity index (χ0v) is 80.2. The number of phenols is 2. The van der Waals surface area contributed by atoms with E-state index in [-0.39, 0.29) is 35.9 Å². The molecule has 10 aromatic carbocycles. The van der Waals surface area contributed by atoms with Gasteiger partial charge >= 0.3 is 0 Å². The number of carbonyl (C=O) groups excluding carboxylic acids is 5. The van der Waals surface area contributed by atoms with Crippen LogP contribution < -0.4 is 58.9 Å². The standard InChI is InChI=1S/C22H19N3O2S.C22H19N3OS.C21H16ClN3OS.C21H16FN3O2S.C21H18N4O2S/c1-3-21(27)24-13-17-6-4-8-19(11-17)23-9-5-7-16-10-18(14-26)22-20(12-16)28-15(2)25-22;1-4-21(26)24-14-18-7-5-9-19(12-18)23-10-6-8-17-11-15(2)22-20(13-17)27-16(3)25-22;1-3-20(26)24-13-16-6-4-8-17(10-16)23-9-5-7-15-11-18(22)21-19(12-15)27-14(2)25-21;1-3-18(26)24-12-14-6-4-8-16(10-14)23-9-5-7-15-11-17-20(21(27)19(15)22)25-13(2)28-17;1-2-5-19(27)24-13-15-6-3-8-16(10-15)23-9-4-7-14-11-17(26)20-18(12-14)28-21(22)25-20/h1,4,6,8,10-12,23,26H,9,13-14H2,2H3,(H,24,27);1,5,7,9,11-13,23H,10,14H2,2-3H3,(H,24,26);1,4,6,8,10-12,23H,9,13H2,2H3,(H,24,26);1,4,6,8,10-11,23,27H,9,12H2,2H3,(H,24,26);3,6,8,10-12,23,26H,9,13H2,1H3,(H2,22,25)(H,24,27). The van der Waals surface area contributed by atoms with Gasteiger partial charge in [-0.3, -0.25) is 24.0 Å². The zero-order valence-electron chi connectivity index (χ0n) is 75.3. The summed E-state index contributed by atoms with van der Waals surface area (Å²) < 4.78 is 19.0. The van der Waals surface area contributed by atoms with Gasteiger partial charge in [-0.25, -0.2) is 29.3 Å². The van der Waals surface area contributed by atoms with Gasteiger partial charge in [0, 0.05) is 89.0 Å². The second kappa shape index (κ2) is 51.4. The van der Waals surface area contributed by atoms with E-state index in [1.807, 2.05) is 196 Å². The monoisotopic (exact) mass is 1940 g/mol. The maximum atomic E-state index is 14.3. The van der Waals surface area contributed by atoms with Crippen molar-refractivity contribution < 1.29 is 43.7 Å². The number of aryl methyl sites for hydroxylation is 5. The third-order valence-corrected chi connectivity index (χ3v) is 23.9. The first-order chi connectivity index (χ1) is 66.7. The van der Waals surface area contributed by atoms with Crippen LogP contribution in [0.3, 0.4) is 0 Å². The molecule has 0 saturated heterocycles. The third-order valence-electron chi connectivity index (χ3n) is 19.1. The smallest absolute Gasteiger partial charge is 0.296 e. The highest BCUT2D eigenvalue weighted by Crippen LogP contribution is 2.36. The second-order valence-corrected chi connectivity index (χ2v) is 35.9. The van der Waals surface area contributed by atoms with Crippen molar-refractivity contribution >= 4 is 182 Å². The van der Waals surface area contributed by atoms with Crippen molar-refractivity contribution in [2.45, 2.75) is 80.9 Å². The van der Waals surface area contributed by atoms with Crippen molar-refractivity contribution in [1.82, 2.24) is 51.5 Å². The number of carbonyl (C=O) groups is 5. The SMILES string of the molecule is C#CC(=O)NCc1cccc(NCC#Cc2cc(C)c3nc(C)sc3c2)c1.C#CC(=O)NCc1cccc(NCC#Cc2cc(CO)c3nc(C)sc3c2)c1.C#CC(=O)NCc1cccc(NCC#Cc2cc(Cl)c3nc(C)sc3c2)c1.C#CC(=O)NCc1cccc(NCC#Cc2cc3sc(C)nc3c(O)c2F)c1.CC#CC(=O)NCc1cccc(NCC#Cc2cc(O)c3nc(N)sc3c2)c1. The lowest BCUT2D eigenvalue weighted by atomic mass is 10.1. The number of terminal acetylenes is 4. The lowest BCUT2D eigenvalue weighted by Gasteiger charge is -2.06. The van der Waals surface area contributed by atoms with Crippen molar-refractivity contribution in [1.29, 1.82) is 0 Å². The number of aromatic hydroxyl groups is 2. The highest BCUT2D eigenvalue weighted by atomic mass is 35.5. The number of amides is 5. The Morgan fingerprint density at radius 1 is 0.391 bits per heavy atom. The van der Waals surface area contributed by atoms with Gasteiger partial charge in [-0.15, -0.1) is 71.0 Å². The van der Waals surface area contributed by atoms with Crippen LogP contribution in [0, 0.1) is 161 Å². The summed E-state index contributed by atoms with van der Waals surface area (Å²) in [6.45, 7) is 15.4. The molecule has 31 heteroatoms. The highest BCUT2D eigenvalue weighted by Gasteiger charge is 2.17. The Morgan fingerprint density at radius 3 is 1.11 bits per heavy atom. The molecule has 5 heterocycles. The lowest BCUT2D eigenvalue weighted by molar-refractivity contribution is -0.116. The highest BCUT2D eigenvalue weighted by molar-refractivity contribution is 7.22. The van der Waals surface area contributed by atoms with Crippen molar-refractivity contribution in [2.75, 3.05) is 65.0 Å². The Kier molecular flexibility index (Phi) is 37.9. The van der Waals surface area contributed by atoms with E-state index in [1.54, 1.807) is 60.0 Å². The Hall–Kier alpha value is -16.8. The lowest BCUT2D eigenvalue weighted by Crippen LogP contribution is -2.20. The van der Waals surface area contributed by atoms with Crippen LogP contribution in [0.2, 0.25) is 5.02 Å². The molecule has 688 valence electrons. The fourth-order valence-corrected chi connectivity index (χ4v) is 17.7. The number of halogens is 2. The minimum absolute atomic E-state index is 0.0591. The molecule has 0 aliphatic carbocycles. The van der Waals surface area contributed by atoms with E-state index in [0.717, 1.165) is 135 Å². The van der Waals surface area contributed by atoms with Gasteiger partial charge in [-0.1, -0.05) is 149 Å². The number of rotatable bonds is 21. The first-order valence-corrected chi connectivity index (χ1v) is 46.6. The van der Waals surface area contributed by atoms with E-state index in [9.17, 15) is 43.7 Å². The topological polar surface area (TPSA) is 357 Å². The number of nitrogens with one attached hydrogen (secondary N) is 10. The van der Waals surface area contributed by atoms with E-state index in [1.165, 1.54) is 27.4 Å². The number of aliphatic hydroxyl groups is 1. The van der Waals surface area contributed by atoms with E-state index in [4.69, 9.17) is 43.0 Å². The number of phenolic OH excluding ortho intramolecular Hbond substituents is 2. The molecule has 5 aromatic heterocycles. The number of aromatic nitrogens is 5. The molecule has 0 bridgehead atoms. The molecule has 0 unspecified atom stereocenters. The van der Waals surface area contributed by atoms with E-state index in [2.05, 4.69) is 168 Å². The molecule has 0 aliphatic heterocycles. The molecular weight excluding hydrogens is 1850 g/mol. The number of benzene rings is 10. The van der Waals surface area contributed by atoms with Gasteiger partial charge in [0.05, 0.1) is 104 Å². The summed E-state index contributed by atoms with van der Waals surface area (Å²) in [7, 11) is 0. The Labute approximate surface area is 822 Å². The van der Waals surface area contributed by atoms with Crippen LogP contribution in [0.1, 0.15) is 93.7 Å². The predicted molar refractivity (Wildman–Crippen MR) is 557 cm³/mol. The van der Waals surface area contributed by atoms with Gasteiger partial charge in [0.25, 0.3) is 29.5 Å². The molecule has 0 radical (unpaired) electrons. The molecule has 15 aromatic rings. The first kappa shape index (κ1) is 102. The molecule has 5 amide bonds. The summed E-state index contributed by atoms with van der Waals surface area (Å²) in [5, 5.41) is 63.7. The molecule has 15 N–H and O–H groups in total. The third kappa shape index (κ3) is 31.4. The van der Waals surface area contributed by atoms with Crippen LogP contribution in [0.5, 0.6) is 11.5 Å². The van der Waals surface area contributed by atoms with Crippen LogP contribution in [0.15, 0.2) is 176 Å². The summed E-state index contributed by atoms with van der Waals surface area (Å²) in [6.07, 6.45) is 20.1. The number of nitrogens with zero attached hydrogens (tertiary/aromatic N) is 5. The number of aliphatic hydroxyl groups excluding tert-OH is 1. The number of fused-ring (bicyclic) bond motifs is 5. The van der Waals surface area contributed by atoms with Gasteiger partial charge in [0.2, 0.25) is 0 Å². The minimum atomic E-state index is -0.767. The van der Waals surface area contributed by atoms with Crippen molar-refractivity contribution in [3.05, 3.63) is 274 Å². The van der Waals surface area contributed by atoms with Crippen LogP contribution in [0.25, 0.3) is 51.1 Å². The van der Waals surface area contributed by atoms with Crippen LogP contribution >= 0.6 is 68.3 Å². The number of nitrogens with two attached hydrogens (primary N) is 1. The molecule has 138 heavy (non-hydrogen) atoms. The number of anilines is 6. The van der Waals surface area contributed by atoms with Crippen molar-refractivity contribution in [2.24, 2.45) is 0 Å². The summed E-state index contributed by atoms with van der Waals surface area (Å²) in [5.74, 6) is 40.3. The van der Waals surface area contributed by atoms with Crippen molar-refractivity contribution in [3.8, 4) is 132 Å². The fourth-order valence-electron chi connectivity index (χ4n) is 13.0.